The molecule has 2 N–H and O–H groups in total. The quantitative estimate of drug-likeness (QED) is 0.778. The Hall–Kier alpha value is -1.94. The van der Waals surface area contributed by atoms with Crippen molar-refractivity contribution >= 4 is 29.0 Å². The Morgan fingerprint density at radius 2 is 1.62 bits per heavy atom. The fourth-order valence-corrected chi connectivity index (χ4v) is 2.28. The summed E-state index contributed by atoms with van der Waals surface area (Å²) in [6.45, 7) is 2.63. The molecule has 2 aromatic rings. The van der Waals surface area contributed by atoms with E-state index < -0.39 is 0 Å². The van der Waals surface area contributed by atoms with Crippen LogP contribution in [0.1, 0.15) is 18.9 Å². The van der Waals surface area contributed by atoms with Crippen molar-refractivity contribution in [2.24, 2.45) is 0 Å². The third-order valence-electron chi connectivity index (χ3n) is 3.15. The molecule has 0 bridgehead atoms. The molecule has 0 saturated heterocycles. The van der Waals surface area contributed by atoms with Crippen molar-refractivity contribution < 1.29 is 4.79 Å². The number of benzene rings is 2. The normalized spacial score (nSPS) is 10.2. The molecular weight excluding hydrogens is 280 g/mol. The van der Waals surface area contributed by atoms with E-state index in [2.05, 4.69) is 41.2 Å². The van der Waals surface area contributed by atoms with Crippen molar-refractivity contribution in [1.82, 2.24) is 0 Å². The molecule has 0 aliphatic carbocycles. The van der Waals surface area contributed by atoms with Crippen molar-refractivity contribution in [3.05, 3.63) is 54.1 Å². The number of hydrogen-bond acceptors (Lipinski definition) is 3. The summed E-state index contributed by atoms with van der Waals surface area (Å²) in [5, 5.41) is 6.21. The Morgan fingerprint density at radius 3 is 2.19 bits per heavy atom. The van der Waals surface area contributed by atoms with E-state index in [1.54, 1.807) is 11.8 Å². The Bertz CT molecular complexity index is 579. The maximum atomic E-state index is 11.3. The number of anilines is 2. The second-order valence-corrected chi connectivity index (χ2v) is 5.56. The van der Waals surface area contributed by atoms with Crippen LogP contribution in [0.5, 0.6) is 0 Å². The maximum absolute atomic E-state index is 11.3. The molecule has 21 heavy (non-hydrogen) atoms. The first-order valence-corrected chi connectivity index (χ1v) is 8.20. The van der Waals surface area contributed by atoms with Crippen molar-refractivity contribution in [2.75, 3.05) is 16.9 Å². The largest absolute Gasteiger partial charge is 0.381 e. The summed E-state index contributed by atoms with van der Waals surface area (Å²) in [5.41, 5.74) is 3.12. The van der Waals surface area contributed by atoms with Crippen LogP contribution in [-0.4, -0.2) is 12.2 Å². The molecule has 0 fully saturated rings. The predicted molar refractivity (Wildman–Crippen MR) is 90.9 cm³/mol. The van der Waals surface area contributed by atoms with Gasteiger partial charge in [-0.05, 0) is 48.2 Å². The summed E-state index contributed by atoms with van der Waals surface area (Å²) in [6.07, 6.45) is 2.57. The highest BCUT2D eigenvalue weighted by Gasteiger charge is 1.99. The first-order valence-electron chi connectivity index (χ1n) is 6.98. The van der Waals surface area contributed by atoms with Crippen LogP contribution >= 0.6 is 11.8 Å². The number of nitrogens with one attached hydrogen (secondary N) is 2. The molecule has 0 aliphatic rings. The summed E-state index contributed by atoms with van der Waals surface area (Å²) in [7, 11) is 0. The number of rotatable bonds is 6. The molecule has 0 atom stereocenters. The zero-order chi connectivity index (χ0) is 15.1. The van der Waals surface area contributed by atoms with E-state index in [0.29, 0.717) is 6.42 Å². The number of amides is 1. The fourth-order valence-electron chi connectivity index (χ4n) is 1.87. The lowest BCUT2D eigenvalue weighted by molar-refractivity contribution is -0.115. The van der Waals surface area contributed by atoms with Crippen LogP contribution in [0.25, 0.3) is 0 Å². The van der Waals surface area contributed by atoms with Crippen molar-refractivity contribution in [3.8, 4) is 0 Å². The molecule has 0 unspecified atom stereocenters. The Labute approximate surface area is 130 Å². The van der Waals surface area contributed by atoms with E-state index in [4.69, 9.17) is 0 Å². The van der Waals surface area contributed by atoms with E-state index in [1.807, 2.05) is 31.2 Å². The first-order chi connectivity index (χ1) is 10.2. The SMILES string of the molecule is CCC(=O)Nc1ccc(NCc2ccc(SC)cc2)cc1. The molecule has 0 saturated carbocycles. The topological polar surface area (TPSA) is 41.1 Å². The highest BCUT2D eigenvalue weighted by Crippen LogP contribution is 2.17. The molecule has 0 radical (unpaired) electrons. The zero-order valence-electron chi connectivity index (χ0n) is 12.3. The number of carbonyl (C=O) groups excluding carboxylic acids is 1. The van der Waals surface area contributed by atoms with Gasteiger partial charge in [-0.25, -0.2) is 0 Å². The monoisotopic (exact) mass is 300 g/mol. The van der Waals surface area contributed by atoms with Gasteiger partial charge < -0.3 is 10.6 Å². The minimum absolute atomic E-state index is 0.0320. The lowest BCUT2D eigenvalue weighted by Gasteiger charge is -2.09. The molecule has 0 spiro atoms. The average molecular weight is 300 g/mol. The second kappa shape index (κ2) is 7.74. The van der Waals surface area contributed by atoms with Gasteiger partial charge in [-0.15, -0.1) is 11.8 Å². The van der Waals surface area contributed by atoms with Crippen LogP contribution in [-0.2, 0) is 11.3 Å². The molecule has 3 nitrogen and oxygen atoms in total. The second-order valence-electron chi connectivity index (χ2n) is 4.68. The highest BCUT2D eigenvalue weighted by atomic mass is 32.2. The maximum Gasteiger partial charge on any atom is 0.224 e. The smallest absolute Gasteiger partial charge is 0.224 e. The van der Waals surface area contributed by atoms with Crippen molar-refractivity contribution in [1.29, 1.82) is 0 Å². The van der Waals surface area contributed by atoms with Gasteiger partial charge in [0.05, 0.1) is 0 Å². The first kappa shape index (κ1) is 15.4. The minimum atomic E-state index is 0.0320. The Kier molecular flexibility index (Phi) is 5.69. The van der Waals surface area contributed by atoms with Crippen molar-refractivity contribution in [3.63, 3.8) is 0 Å². The molecular formula is C17H20N2OS. The molecule has 4 heteroatoms. The van der Waals surface area contributed by atoms with Crippen LogP contribution < -0.4 is 10.6 Å². The lowest BCUT2D eigenvalue weighted by atomic mass is 10.2. The fraction of sp³-hybridized carbons (Fsp3) is 0.235. The molecule has 1 amide bonds. The lowest BCUT2D eigenvalue weighted by Crippen LogP contribution is -2.09. The van der Waals surface area contributed by atoms with E-state index >= 15 is 0 Å². The molecule has 0 aliphatic heterocycles. The third kappa shape index (κ3) is 4.83. The summed E-state index contributed by atoms with van der Waals surface area (Å²) < 4.78 is 0. The Balaban J connectivity index is 1.89. The molecule has 0 heterocycles. The molecule has 2 rings (SSSR count). The third-order valence-corrected chi connectivity index (χ3v) is 3.89. The van der Waals surface area contributed by atoms with Gasteiger partial charge in [0.15, 0.2) is 0 Å². The number of carbonyl (C=O) groups is 1. The van der Waals surface area contributed by atoms with E-state index in [1.165, 1.54) is 10.5 Å². The van der Waals surface area contributed by atoms with Gasteiger partial charge in [0.1, 0.15) is 0 Å². The minimum Gasteiger partial charge on any atom is -0.381 e. The molecule has 0 aromatic heterocycles. The number of thioether (sulfide) groups is 1. The highest BCUT2D eigenvalue weighted by molar-refractivity contribution is 7.98. The van der Waals surface area contributed by atoms with Gasteiger partial charge in [0, 0.05) is 29.2 Å². The summed E-state index contributed by atoms with van der Waals surface area (Å²) in [5.74, 6) is 0.0320. The van der Waals surface area contributed by atoms with Crippen LogP contribution in [0.3, 0.4) is 0 Å². The van der Waals surface area contributed by atoms with Gasteiger partial charge in [0.2, 0.25) is 5.91 Å². The van der Waals surface area contributed by atoms with E-state index in [0.717, 1.165) is 17.9 Å². The van der Waals surface area contributed by atoms with Crippen LogP contribution in [0.4, 0.5) is 11.4 Å². The van der Waals surface area contributed by atoms with Gasteiger partial charge in [-0.2, -0.15) is 0 Å². The predicted octanol–water partition coefficient (Wildman–Crippen LogP) is 4.37. The molecule has 2 aromatic carbocycles. The van der Waals surface area contributed by atoms with Gasteiger partial charge in [-0.1, -0.05) is 19.1 Å². The standard InChI is InChI=1S/C17H20N2OS/c1-3-17(20)19-15-8-6-14(7-9-15)18-12-13-4-10-16(21-2)11-5-13/h4-11,18H,3,12H2,1-2H3,(H,19,20). The Morgan fingerprint density at radius 1 is 1.00 bits per heavy atom. The van der Waals surface area contributed by atoms with Crippen LogP contribution in [0.2, 0.25) is 0 Å². The van der Waals surface area contributed by atoms with Crippen LogP contribution in [0, 0.1) is 0 Å². The van der Waals surface area contributed by atoms with Gasteiger partial charge >= 0.3 is 0 Å². The summed E-state index contributed by atoms with van der Waals surface area (Å²) in [4.78, 5) is 12.6. The number of hydrogen-bond donors (Lipinski definition) is 2. The van der Waals surface area contributed by atoms with Crippen molar-refractivity contribution in [2.45, 2.75) is 24.8 Å². The van der Waals surface area contributed by atoms with Crippen LogP contribution in [0.15, 0.2) is 53.4 Å². The molecule has 110 valence electrons. The zero-order valence-corrected chi connectivity index (χ0v) is 13.2. The summed E-state index contributed by atoms with van der Waals surface area (Å²) in [6, 6.07) is 16.3. The van der Waals surface area contributed by atoms with Gasteiger partial charge in [-0.3, -0.25) is 4.79 Å². The van der Waals surface area contributed by atoms with E-state index in [9.17, 15) is 4.79 Å². The van der Waals surface area contributed by atoms with Gasteiger partial charge in [0.25, 0.3) is 0 Å². The average Bonchev–Trinajstić information content (AvgIpc) is 2.54. The van der Waals surface area contributed by atoms with E-state index in [-0.39, 0.29) is 5.91 Å². The summed E-state index contributed by atoms with van der Waals surface area (Å²) >= 11 is 1.75.